The van der Waals surface area contributed by atoms with Gasteiger partial charge in [-0.1, -0.05) is 0 Å². The van der Waals surface area contributed by atoms with E-state index in [-0.39, 0.29) is 0 Å². The molecule has 1 fully saturated rings. The van der Waals surface area contributed by atoms with Gasteiger partial charge in [0.1, 0.15) is 0 Å². The third-order valence-electron chi connectivity index (χ3n) is 1.88. The average Bonchev–Trinajstić information content (AvgIpc) is 2.01. The molecular weight excluding hydrogens is 208 g/mol. The number of carbonyl (C=O) groups excluding carboxylic acids is 1. The zero-order chi connectivity index (χ0) is 10.8. The average molecular weight is 222 g/mol. The molecule has 1 rings (SSSR count). The van der Waals surface area contributed by atoms with Crippen molar-refractivity contribution in [1.29, 1.82) is 0 Å². The molecule has 82 valence electrons. The van der Waals surface area contributed by atoms with Crippen molar-refractivity contribution in [2.24, 2.45) is 0 Å². The number of piperazine rings is 1. The zero-order valence-corrected chi connectivity index (χ0v) is 9.00. The van der Waals surface area contributed by atoms with Gasteiger partial charge in [0.25, 0.3) is 0 Å². The lowest BCUT2D eigenvalue weighted by Gasteiger charge is -2.32. The number of rotatable bonds is 2. The van der Waals surface area contributed by atoms with Crippen LogP contribution in [0, 0.1) is 0 Å². The highest BCUT2D eigenvalue weighted by Gasteiger charge is 2.31. The van der Waals surface area contributed by atoms with Crippen molar-refractivity contribution in [1.82, 2.24) is 9.62 Å². The summed E-state index contributed by atoms with van der Waals surface area (Å²) in [5, 5.41) is 2.96. The molecule has 1 unspecified atom stereocenters. The van der Waals surface area contributed by atoms with Crippen molar-refractivity contribution in [3.05, 3.63) is 0 Å². The van der Waals surface area contributed by atoms with E-state index in [0.29, 0.717) is 19.6 Å². The number of carbonyl (C=O) groups is 1. The van der Waals surface area contributed by atoms with E-state index in [2.05, 4.69) is 5.32 Å². The normalized spacial score (nSPS) is 24.6. The first-order valence-electron chi connectivity index (χ1n) is 4.26. The topological polar surface area (TPSA) is 75.7 Å². The summed E-state index contributed by atoms with van der Waals surface area (Å²) < 4.78 is 28.6. The molecule has 0 radical (unpaired) electrons. The number of nitrogens with zero attached hydrogens (tertiary/aromatic N) is 1. The van der Waals surface area contributed by atoms with Gasteiger partial charge in [-0.05, 0) is 0 Å². The lowest BCUT2D eigenvalue weighted by molar-refractivity contribution is -0.152. The second-order valence-electron chi connectivity index (χ2n) is 3.14. The van der Waals surface area contributed by atoms with E-state index in [9.17, 15) is 13.2 Å². The van der Waals surface area contributed by atoms with Crippen LogP contribution in [0.25, 0.3) is 0 Å². The maximum Gasteiger partial charge on any atom is 0.304 e. The molecule has 7 heteroatoms. The number of sulfonamides is 1. The number of esters is 1. The van der Waals surface area contributed by atoms with Crippen LogP contribution in [0.4, 0.5) is 0 Å². The van der Waals surface area contributed by atoms with Gasteiger partial charge in [0.05, 0.1) is 6.26 Å². The van der Waals surface area contributed by atoms with Crippen LogP contribution in [0.5, 0.6) is 0 Å². The van der Waals surface area contributed by atoms with Crippen LogP contribution in [0.2, 0.25) is 0 Å². The Morgan fingerprint density at radius 2 is 2.21 bits per heavy atom. The second kappa shape index (κ2) is 4.24. The maximum absolute atomic E-state index is 11.3. The van der Waals surface area contributed by atoms with Crippen LogP contribution in [0.15, 0.2) is 0 Å². The maximum atomic E-state index is 11.3. The van der Waals surface area contributed by atoms with Gasteiger partial charge < -0.3 is 10.1 Å². The van der Waals surface area contributed by atoms with Crippen molar-refractivity contribution in [2.75, 3.05) is 25.9 Å². The predicted octanol–water partition coefficient (Wildman–Crippen LogP) is -1.26. The van der Waals surface area contributed by atoms with Crippen LogP contribution >= 0.6 is 0 Å². The molecule has 1 heterocycles. The molecule has 0 aromatic carbocycles. The Kier molecular flexibility index (Phi) is 3.46. The van der Waals surface area contributed by atoms with Gasteiger partial charge in [-0.3, -0.25) is 4.79 Å². The number of nitrogens with one attached hydrogen (secondary N) is 1. The molecule has 0 spiro atoms. The van der Waals surface area contributed by atoms with Gasteiger partial charge in [0.2, 0.25) is 10.0 Å². The van der Waals surface area contributed by atoms with Crippen molar-refractivity contribution in [3.8, 4) is 0 Å². The molecule has 0 bridgehead atoms. The molecular formula is C7H14N2O4S. The largest absolute Gasteiger partial charge is 0.444 e. The smallest absolute Gasteiger partial charge is 0.304 e. The van der Waals surface area contributed by atoms with E-state index in [4.69, 9.17) is 4.74 Å². The molecule has 1 N–H and O–H groups in total. The van der Waals surface area contributed by atoms with Crippen molar-refractivity contribution in [2.45, 2.75) is 13.2 Å². The molecule has 14 heavy (non-hydrogen) atoms. The minimum Gasteiger partial charge on any atom is -0.444 e. The van der Waals surface area contributed by atoms with E-state index in [1.54, 1.807) is 0 Å². The summed E-state index contributed by atoms with van der Waals surface area (Å²) in [6.07, 6.45) is 0.394. The Hall–Kier alpha value is -0.660. The summed E-state index contributed by atoms with van der Waals surface area (Å²) in [6.45, 7) is 2.50. The quantitative estimate of drug-likeness (QED) is 0.590. The van der Waals surface area contributed by atoms with Crippen molar-refractivity contribution in [3.63, 3.8) is 0 Å². The predicted molar refractivity (Wildman–Crippen MR) is 50.0 cm³/mol. The summed E-state index contributed by atoms with van der Waals surface area (Å²) in [4.78, 5) is 10.7. The van der Waals surface area contributed by atoms with Crippen molar-refractivity contribution < 1.29 is 17.9 Å². The summed E-state index contributed by atoms with van der Waals surface area (Å²) in [7, 11) is -3.30. The van der Waals surface area contributed by atoms with Crippen LogP contribution < -0.4 is 5.32 Å². The Bertz CT molecular complexity index is 314. The molecule has 1 aliphatic heterocycles. The first-order chi connectivity index (χ1) is 6.41. The van der Waals surface area contributed by atoms with Crippen molar-refractivity contribution >= 4 is 16.0 Å². The second-order valence-corrected chi connectivity index (χ2v) is 5.08. The minimum atomic E-state index is -3.30. The van der Waals surface area contributed by atoms with Gasteiger partial charge in [-0.2, -0.15) is 4.31 Å². The van der Waals surface area contributed by atoms with Gasteiger partial charge >= 0.3 is 5.97 Å². The zero-order valence-electron chi connectivity index (χ0n) is 8.19. The molecule has 0 aliphatic carbocycles. The van der Waals surface area contributed by atoms with E-state index in [1.165, 1.54) is 11.2 Å². The molecule has 0 aromatic rings. The molecule has 1 saturated heterocycles. The van der Waals surface area contributed by atoms with E-state index < -0.39 is 22.2 Å². The monoisotopic (exact) mass is 222 g/mol. The number of hydrogen-bond donors (Lipinski definition) is 1. The first-order valence-corrected chi connectivity index (χ1v) is 6.11. The Morgan fingerprint density at radius 1 is 1.57 bits per heavy atom. The van der Waals surface area contributed by atoms with Gasteiger partial charge in [-0.15, -0.1) is 0 Å². The lowest BCUT2D eigenvalue weighted by atomic mass is 10.4. The highest BCUT2D eigenvalue weighted by atomic mass is 32.2. The lowest BCUT2D eigenvalue weighted by Crippen LogP contribution is -2.54. The minimum absolute atomic E-state index is 0.330. The molecule has 6 nitrogen and oxygen atoms in total. The van der Waals surface area contributed by atoms with Crippen LogP contribution in [0.1, 0.15) is 6.92 Å². The van der Waals surface area contributed by atoms with E-state index in [0.717, 1.165) is 6.26 Å². The first kappa shape index (κ1) is 11.4. The standard InChI is InChI=1S/C7H14N2O4S/c1-6(10)13-7-5-8-3-4-9(7)14(2,11)12/h7-8H,3-5H2,1-2H3. The summed E-state index contributed by atoms with van der Waals surface area (Å²) in [5.74, 6) is -0.479. The summed E-state index contributed by atoms with van der Waals surface area (Å²) >= 11 is 0. The van der Waals surface area contributed by atoms with Crippen LogP contribution in [-0.2, 0) is 19.6 Å². The highest BCUT2D eigenvalue weighted by Crippen LogP contribution is 2.09. The van der Waals surface area contributed by atoms with Crippen LogP contribution in [0.3, 0.4) is 0 Å². The highest BCUT2D eigenvalue weighted by molar-refractivity contribution is 7.88. The third-order valence-corrected chi connectivity index (χ3v) is 3.15. The van der Waals surface area contributed by atoms with E-state index >= 15 is 0 Å². The van der Waals surface area contributed by atoms with Gasteiger partial charge in [0, 0.05) is 26.6 Å². The fourth-order valence-electron chi connectivity index (χ4n) is 1.33. The number of hydrogen-bond acceptors (Lipinski definition) is 5. The summed E-state index contributed by atoms with van der Waals surface area (Å²) in [5.41, 5.74) is 0. The SMILES string of the molecule is CC(=O)OC1CNCCN1S(C)(=O)=O. The fourth-order valence-corrected chi connectivity index (χ4v) is 2.30. The Balaban J connectivity index is 2.74. The Labute approximate surface area is 83.3 Å². The molecule has 0 aromatic heterocycles. The third kappa shape index (κ3) is 2.93. The van der Waals surface area contributed by atoms with Gasteiger partial charge in [0.15, 0.2) is 6.23 Å². The van der Waals surface area contributed by atoms with Crippen LogP contribution in [-0.4, -0.2) is 50.8 Å². The summed E-state index contributed by atoms with van der Waals surface area (Å²) in [6, 6.07) is 0. The number of ether oxygens (including phenoxy) is 1. The Morgan fingerprint density at radius 3 is 2.71 bits per heavy atom. The van der Waals surface area contributed by atoms with Gasteiger partial charge in [-0.25, -0.2) is 8.42 Å². The fraction of sp³-hybridized carbons (Fsp3) is 0.857. The van der Waals surface area contributed by atoms with E-state index in [1.807, 2.05) is 0 Å². The molecule has 1 aliphatic rings. The molecule has 1 atom stereocenters. The molecule has 0 amide bonds. The molecule has 0 saturated carbocycles.